The van der Waals surface area contributed by atoms with E-state index in [1.807, 2.05) is 10.6 Å². The lowest BCUT2D eigenvalue weighted by Crippen LogP contribution is -2.21. The molecule has 146 valence electrons. The van der Waals surface area contributed by atoms with E-state index in [4.69, 9.17) is 0 Å². The van der Waals surface area contributed by atoms with Gasteiger partial charge in [-0.25, -0.2) is 18.9 Å². The number of aliphatic hydroxyl groups is 1. The fourth-order valence-electron chi connectivity index (χ4n) is 3.11. The summed E-state index contributed by atoms with van der Waals surface area (Å²) in [5.41, 5.74) is 2.76. The summed E-state index contributed by atoms with van der Waals surface area (Å²) in [4.78, 5) is 8.71. The van der Waals surface area contributed by atoms with Crippen molar-refractivity contribution in [3.8, 4) is 28.7 Å². The molecule has 0 fully saturated rings. The number of aromatic nitrogens is 5. The molecule has 0 spiro atoms. The summed E-state index contributed by atoms with van der Waals surface area (Å²) in [6.07, 6.45) is 3.67. The van der Waals surface area contributed by atoms with E-state index in [1.165, 1.54) is 22.8 Å². The van der Waals surface area contributed by atoms with E-state index in [0.717, 1.165) is 11.3 Å². The average Bonchev–Trinajstić information content (AvgIpc) is 3.29. The fraction of sp³-hybridized carbons (Fsp3) is 0.238. The molecule has 0 atom stereocenters. The maximum atomic E-state index is 13.4. The van der Waals surface area contributed by atoms with Crippen molar-refractivity contribution in [3.05, 3.63) is 60.4 Å². The van der Waals surface area contributed by atoms with Gasteiger partial charge in [-0.05, 0) is 56.7 Å². The van der Waals surface area contributed by atoms with Crippen molar-refractivity contribution in [2.45, 2.75) is 32.4 Å². The van der Waals surface area contributed by atoms with Crippen LogP contribution in [0.5, 0.6) is 0 Å². The molecule has 0 radical (unpaired) electrons. The molecule has 0 aliphatic rings. The van der Waals surface area contributed by atoms with Gasteiger partial charge in [-0.2, -0.15) is 10.4 Å². The Labute approximate surface area is 166 Å². The van der Waals surface area contributed by atoms with Crippen molar-refractivity contribution in [1.82, 2.24) is 24.1 Å². The van der Waals surface area contributed by atoms with Crippen LogP contribution in [0.25, 0.3) is 28.3 Å². The lowest BCUT2D eigenvalue weighted by molar-refractivity contribution is 0.0663. The number of imidazole rings is 2. The van der Waals surface area contributed by atoms with Crippen molar-refractivity contribution < 1.29 is 9.50 Å². The van der Waals surface area contributed by atoms with Gasteiger partial charge in [0, 0.05) is 12.1 Å². The van der Waals surface area contributed by atoms with Crippen LogP contribution in [0, 0.1) is 17.1 Å². The highest BCUT2D eigenvalue weighted by Gasteiger charge is 2.20. The topological polar surface area (TPSA) is 92.0 Å². The van der Waals surface area contributed by atoms with Crippen LogP contribution in [0.15, 0.2) is 48.9 Å². The van der Waals surface area contributed by atoms with E-state index in [-0.39, 0.29) is 5.82 Å². The fourth-order valence-corrected chi connectivity index (χ4v) is 3.11. The number of rotatable bonds is 5. The zero-order valence-corrected chi connectivity index (χ0v) is 16.0. The molecule has 7 nitrogen and oxygen atoms in total. The second-order valence-electron chi connectivity index (χ2n) is 7.45. The second kappa shape index (κ2) is 7.11. The summed E-state index contributed by atoms with van der Waals surface area (Å²) >= 11 is 0. The molecule has 29 heavy (non-hydrogen) atoms. The van der Waals surface area contributed by atoms with Gasteiger partial charge < -0.3 is 9.67 Å². The molecule has 4 aromatic rings. The Bertz CT molecular complexity index is 1210. The predicted octanol–water partition coefficient (Wildman–Crippen LogP) is 3.43. The summed E-state index contributed by atoms with van der Waals surface area (Å²) in [6.45, 7) is 4.01. The number of nitrogens with zero attached hydrogens (tertiary/aromatic N) is 6. The molecule has 1 N–H and O–H groups in total. The minimum atomic E-state index is -0.840. The molecular weight excluding hydrogens is 371 g/mol. The van der Waals surface area contributed by atoms with Gasteiger partial charge in [0.15, 0.2) is 11.3 Å². The first kappa shape index (κ1) is 18.8. The first-order chi connectivity index (χ1) is 13.9. The Morgan fingerprint density at radius 3 is 2.59 bits per heavy atom. The molecule has 3 heterocycles. The molecule has 0 amide bonds. The summed E-state index contributed by atoms with van der Waals surface area (Å²) in [5.74, 6) is -0.326. The number of halogens is 1. The molecule has 8 heteroatoms. The predicted molar refractivity (Wildman–Crippen MR) is 105 cm³/mol. The van der Waals surface area contributed by atoms with E-state index in [1.54, 1.807) is 38.4 Å². The number of aryl methyl sites for hydroxylation is 1. The monoisotopic (exact) mass is 390 g/mol. The van der Waals surface area contributed by atoms with E-state index >= 15 is 0 Å². The smallest absolute Gasteiger partial charge is 0.162 e. The van der Waals surface area contributed by atoms with Gasteiger partial charge in [0.2, 0.25) is 0 Å². The van der Waals surface area contributed by atoms with Gasteiger partial charge in [-0.1, -0.05) is 0 Å². The molecule has 0 aliphatic carbocycles. The zero-order chi connectivity index (χ0) is 20.6. The number of hydrogen-bond acceptors (Lipinski definition) is 5. The molecule has 1 aromatic carbocycles. The highest BCUT2D eigenvalue weighted by atomic mass is 19.1. The van der Waals surface area contributed by atoms with Gasteiger partial charge in [-0.15, -0.1) is 0 Å². The number of hydrogen-bond donors (Lipinski definition) is 1. The summed E-state index contributed by atoms with van der Waals surface area (Å²) in [5, 5.41) is 24.0. The Morgan fingerprint density at radius 2 is 1.90 bits per heavy atom. The largest absolute Gasteiger partial charge is 0.390 e. The Morgan fingerprint density at radius 1 is 1.14 bits per heavy atom. The highest BCUT2D eigenvalue weighted by Crippen LogP contribution is 2.31. The maximum absolute atomic E-state index is 13.4. The zero-order valence-electron chi connectivity index (χ0n) is 16.0. The van der Waals surface area contributed by atoms with Crippen LogP contribution in [0.1, 0.15) is 26.0 Å². The first-order valence-electron chi connectivity index (χ1n) is 9.14. The Hall–Kier alpha value is -3.57. The number of fused-ring (bicyclic) bond motifs is 1. The van der Waals surface area contributed by atoms with E-state index < -0.39 is 5.60 Å². The summed E-state index contributed by atoms with van der Waals surface area (Å²) in [6, 6.07) is 11.8. The van der Waals surface area contributed by atoms with Crippen molar-refractivity contribution >= 4 is 5.65 Å². The lowest BCUT2D eigenvalue weighted by Gasteiger charge is -2.18. The van der Waals surface area contributed by atoms with Gasteiger partial charge in [0.25, 0.3) is 0 Å². The third kappa shape index (κ3) is 3.73. The van der Waals surface area contributed by atoms with Gasteiger partial charge in [0.1, 0.15) is 17.6 Å². The maximum Gasteiger partial charge on any atom is 0.162 e. The second-order valence-corrected chi connectivity index (χ2v) is 7.45. The van der Waals surface area contributed by atoms with Crippen LogP contribution in [0.2, 0.25) is 0 Å². The van der Waals surface area contributed by atoms with Gasteiger partial charge in [0.05, 0.1) is 29.5 Å². The molecule has 0 saturated carbocycles. The highest BCUT2D eigenvalue weighted by molar-refractivity contribution is 5.77. The minimum absolute atomic E-state index is 0.326. The third-order valence-electron chi connectivity index (χ3n) is 4.64. The molecule has 0 aliphatic heterocycles. The average molecular weight is 390 g/mol. The molecule has 4 rings (SSSR count). The summed E-state index contributed by atoms with van der Waals surface area (Å²) < 4.78 is 16.8. The summed E-state index contributed by atoms with van der Waals surface area (Å²) in [7, 11) is 0. The normalized spacial score (nSPS) is 11.7. The molecule has 3 aromatic heterocycles. The molecular formula is C21H19FN6O. The third-order valence-corrected chi connectivity index (χ3v) is 4.64. The lowest BCUT2D eigenvalue weighted by atomic mass is 10.1. The van der Waals surface area contributed by atoms with Crippen molar-refractivity contribution in [3.63, 3.8) is 0 Å². The van der Waals surface area contributed by atoms with E-state index in [9.17, 15) is 14.8 Å². The quantitative estimate of drug-likeness (QED) is 0.564. The van der Waals surface area contributed by atoms with Crippen molar-refractivity contribution in [2.24, 2.45) is 0 Å². The molecule has 0 unspecified atom stereocenters. The van der Waals surface area contributed by atoms with Crippen molar-refractivity contribution in [2.75, 3.05) is 0 Å². The standard InChI is InChI=1S/C21H19FN6O/c1-21(2,29)9-10-27-13-25-19(14-3-5-15(22)6-4-14)20(27)17-7-8-18-24-12-16(11-23)28(18)26-17/h3-8,12-13,29H,9-10H2,1-2H3. The number of nitriles is 1. The van der Waals surface area contributed by atoms with Crippen LogP contribution in [0.3, 0.4) is 0 Å². The number of benzene rings is 1. The minimum Gasteiger partial charge on any atom is -0.390 e. The van der Waals surface area contributed by atoms with Gasteiger partial charge >= 0.3 is 0 Å². The molecule has 0 bridgehead atoms. The van der Waals surface area contributed by atoms with Crippen LogP contribution >= 0.6 is 0 Å². The van der Waals surface area contributed by atoms with Crippen molar-refractivity contribution in [1.29, 1.82) is 5.26 Å². The van der Waals surface area contributed by atoms with Crippen LogP contribution < -0.4 is 0 Å². The van der Waals surface area contributed by atoms with E-state index in [0.29, 0.717) is 35.7 Å². The van der Waals surface area contributed by atoms with Crippen LogP contribution in [-0.4, -0.2) is 34.9 Å². The SMILES string of the molecule is CC(C)(O)CCn1cnc(-c2ccc(F)cc2)c1-c1ccc2ncc(C#N)n2n1. The van der Waals surface area contributed by atoms with Crippen LogP contribution in [-0.2, 0) is 6.54 Å². The molecule has 0 saturated heterocycles. The first-order valence-corrected chi connectivity index (χ1v) is 9.14. The Balaban J connectivity index is 1.88. The Kier molecular flexibility index (Phi) is 4.60. The van der Waals surface area contributed by atoms with Gasteiger partial charge in [-0.3, -0.25) is 0 Å². The van der Waals surface area contributed by atoms with Crippen LogP contribution in [0.4, 0.5) is 4.39 Å². The van der Waals surface area contributed by atoms with E-state index in [2.05, 4.69) is 21.1 Å².